The van der Waals surface area contributed by atoms with Crippen molar-refractivity contribution in [3.63, 3.8) is 0 Å². The van der Waals surface area contributed by atoms with E-state index in [2.05, 4.69) is 46.5 Å². The first-order valence-corrected chi connectivity index (χ1v) is 8.86. The van der Waals surface area contributed by atoms with Crippen molar-refractivity contribution in [3.8, 4) is 0 Å². The maximum Gasteiger partial charge on any atom is 0.0646 e. The van der Waals surface area contributed by atoms with E-state index < -0.39 is 0 Å². The molecular formula is C19H28N4O. The Morgan fingerprint density at radius 1 is 1.12 bits per heavy atom. The van der Waals surface area contributed by atoms with Crippen LogP contribution in [0.25, 0.3) is 0 Å². The molecule has 1 saturated heterocycles. The van der Waals surface area contributed by atoms with Gasteiger partial charge in [-0.2, -0.15) is 5.10 Å². The summed E-state index contributed by atoms with van der Waals surface area (Å²) >= 11 is 0. The molecule has 3 rings (SSSR count). The smallest absolute Gasteiger partial charge is 0.0646 e. The van der Waals surface area contributed by atoms with Crippen LogP contribution in [-0.2, 0) is 19.6 Å². The Hall–Kier alpha value is -1.85. The van der Waals surface area contributed by atoms with E-state index in [4.69, 9.17) is 5.11 Å². The van der Waals surface area contributed by atoms with Crippen molar-refractivity contribution in [2.24, 2.45) is 0 Å². The van der Waals surface area contributed by atoms with Gasteiger partial charge in [0.25, 0.3) is 0 Å². The number of aromatic nitrogens is 2. The predicted molar refractivity (Wildman–Crippen MR) is 97.1 cm³/mol. The van der Waals surface area contributed by atoms with Crippen molar-refractivity contribution < 1.29 is 5.11 Å². The lowest BCUT2D eigenvalue weighted by Crippen LogP contribution is -2.18. The fraction of sp³-hybridized carbons (Fsp3) is 0.526. The molecule has 0 aliphatic carbocycles. The van der Waals surface area contributed by atoms with Crippen LogP contribution in [0.5, 0.6) is 0 Å². The summed E-state index contributed by atoms with van der Waals surface area (Å²) < 4.78 is 1.88. The van der Waals surface area contributed by atoms with Crippen molar-refractivity contribution in [3.05, 3.63) is 46.8 Å². The zero-order valence-corrected chi connectivity index (χ0v) is 14.8. The minimum Gasteiger partial charge on any atom is -0.394 e. The first-order valence-electron chi connectivity index (χ1n) is 8.86. The Labute approximate surface area is 144 Å². The number of benzene rings is 1. The molecule has 0 amide bonds. The van der Waals surface area contributed by atoms with Crippen molar-refractivity contribution in [2.75, 3.05) is 25.0 Å². The molecule has 0 spiro atoms. The molecule has 5 nitrogen and oxygen atoms in total. The first-order chi connectivity index (χ1) is 11.7. The number of aliphatic hydroxyl groups is 1. The second kappa shape index (κ2) is 7.81. The molecule has 1 aliphatic heterocycles. The molecule has 2 heterocycles. The van der Waals surface area contributed by atoms with Crippen LogP contribution in [0.1, 0.15) is 35.4 Å². The number of likely N-dealkylation sites (tertiary alicyclic amines) is 1. The van der Waals surface area contributed by atoms with Gasteiger partial charge in [0.1, 0.15) is 0 Å². The Morgan fingerprint density at radius 2 is 1.83 bits per heavy atom. The van der Waals surface area contributed by atoms with E-state index in [0.29, 0.717) is 6.54 Å². The van der Waals surface area contributed by atoms with Crippen LogP contribution in [0.15, 0.2) is 24.3 Å². The molecule has 2 aromatic rings. The van der Waals surface area contributed by atoms with E-state index in [1.165, 1.54) is 37.1 Å². The molecule has 2 N–H and O–H groups in total. The summed E-state index contributed by atoms with van der Waals surface area (Å²) in [4.78, 5) is 2.52. The maximum atomic E-state index is 9.10. The molecule has 0 radical (unpaired) electrons. The minimum atomic E-state index is 0.118. The average molecular weight is 328 g/mol. The Morgan fingerprint density at radius 3 is 2.50 bits per heavy atom. The molecule has 0 bridgehead atoms. The quantitative estimate of drug-likeness (QED) is 0.820. The zero-order chi connectivity index (χ0) is 16.9. The van der Waals surface area contributed by atoms with Gasteiger partial charge in [-0.15, -0.1) is 0 Å². The molecule has 0 unspecified atom stereocenters. The number of hydrogen-bond donors (Lipinski definition) is 2. The number of anilines is 1. The van der Waals surface area contributed by atoms with Crippen LogP contribution < -0.4 is 5.32 Å². The molecule has 1 aromatic carbocycles. The zero-order valence-electron chi connectivity index (χ0n) is 14.8. The summed E-state index contributed by atoms with van der Waals surface area (Å²) in [5, 5.41) is 17.1. The van der Waals surface area contributed by atoms with Gasteiger partial charge < -0.3 is 10.4 Å². The fourth-order valence-corrected chi connectivity index (χ4v) is 3.42. The summed E-state index contributed by atoms with van der Waals surface area (Å²) in [6.07, 6.45) is 2.67. The van der Waals surface area contributed by atoms with Crippen molar-refractivity contribution >= 4 is 5.69 Å². The largest absolute Gasteiger partial charge is 0.394 e. The average Bonchev–Trinajstić information content (AvgIpc) is 3.17. The monoisotopic (exact) mass is 328 g/mol. The van der Waals surface area contributed by atoms with E-state index in [1.54, 1.807) is 0 Å². The highest BCUT2D eigenvalue weighted by molar-refractivity contribution is 5.45. The van der Waals surface area contributed by atoms with E-state index in [-0.39, 0.29) is 6.61 Å². The van der Waals surface area contributed by atoms with E-state index in [1.807, 2.05) is 11.6 Å². The molecule has 5 heteroatoms. The van der Waals surface area contributed by atoms with Gasteiger partial charge >= 0.3 is 0 Å². The number of aliphatic hydroxyl groups excluding tert-OH is 1. The van der Waals surface area contributed by atoms with Gasteiger partial charge in [-0.3, -0.25) is 9.58 Å². The van der Waals surface area contributed by atoms with Crippen LogP contribution in [0.4, 0.5) is 5.69 Å². The number of hydrogen-bond acceptors (Lipinski definition) is 4. The number of rotatable bonds is 7. The minimum absolute atomic E-state index is 0.118. The standard InChI is InChI=1S/C19H28N4O/c1-15-19(16(2)23(21-15)11-12-24)13-20-18-7-5-17(6-8-18)14-22-9-3-4-10-22/h5-8,20,24H,3-4,9-14H2,1-2H3. The van der Waals surface area contributed by atoms with Crippen molar-refractivity contribution in [1.29, 1.82) is 0 Å². The second-order valence-electron chi connectivity index (χ2n) is 6.63. The van der Waals surface area contributed by atoms with Crippen LogP contribution in [-0.4, -0.2) is 39.5 Å². The molecular weight excluding hydrogens is 300 g/mol. The van der Waals surface area contributed by atoms with Crippen LogP contribution in [0.3, 0.4) is 0 Å². The van der Waals surface area contributed by atoms with Crippen LogP contribution in [0, 0.1) is 13.8 Å². The highest BCUT2D eigenvalue weighted by atomic mass is 16.3. The van der Waals surface area contributed by atoms with Gasteiger partial charge in [-0.25, -0.2) is 0 Å². The molecule has 1 aromatic heterocycles. The second-order valence-corrected chi connectivity index (χ2v) is 6.63. The highest BCUT2D eigenvalue weighted by Gasteiger charge is 2.12. The number of nitrogens with zero attached hydrogens (tertiary/aromatic N) is 3. The van der Waals surface area contributed by atoms with Gasteiger partial charge in [0.2, 0.25) is 0 Å². The fourth-order valence-electron chi connectivity index (χ4n) is 3.42. The SMILES string of the molecule is Cc1nn(CCO)c(C)c1CNc1ccc(CN2CCCC2)cc1. The summed E-state index contributed by atoms with van der Waals surface area (Å²) in [6.45, 7) is 9.04. The Balaban J connectivity index is 1.58. The summed E-state index contributed by atoms with van der Waals surface area (Å²) in [5.74, 6) is 0. The van der Waals surface area contributed by atoms with E-state index in [0.717, 1.165) is 30.2 Å². The third-order valence-corrected chi connectivity index (χ3v) is 4.87. The summed E-state index contributed by atoms with van der Waals surface area (Å²) in [7, 11) is 0. The molecule has 130 valence electrons. The number of nitrogens with one attached hydrogen (secondary N) is 1. The summed E-state index contributed by atoms with van der Waals surface area (Å²) in [5.41, 5.74) is 5.88. The molecule has 1 fully saturated rings. The highest BCUT2D eigenvalue weighted by Crippen LogP contribution is 2.18. The van der Waals surface area contributed by atoms with Gasteiger partial charge in [0.05, 0.1) is 18.8 Å². The van der Waals surface area contributed by atoms with E-state index in [9.17, 15) is 0 Å². The van der Waals surface area contributed by atoms with Gasteiger partial charge in [-0.05, 0) is 57.5 Å². The predicted octanol–water partition coefficient (Wildman–Crippen LogP) is 2.70. The lowest BCUT2D eigenvalue weighted by Gasteiger charge is -2.15. The first kappa shape index (κ1) is 17.0. The maximum absolute atomic E-state index is 9.10. The van der Waals surface area contributed by atoms with E-state index >= 15 is 0 Å². The lowest BCUT2D eigenvalue weighted by atomic mass is 10.1. The topological polar surface area (TPSA) is 53.3 Å². The van der Waals surface area contributed by atoms with Crippen molar-refractivity contribution in [1.82, 2.24) is 14.7 Å². The number of aryl methyl sites for hydroxylation is 1. The van der Waals surface area contributed by atoms with Crippen molar-refractivity contribution in [2.45, 2.75) is 46.3 Å². The molecule has 0 saturated carbocycles. The van der Waals surface area contributed by atoms with Gasteiger partial charge in [-0.1, -0.05) is 12.1 Å². The molecule has 0 atom stereocenters. The van der Waals surface area contributed by atoms with Gasteiger partial charge in [0, 0.05) is 30.0 Å². The third kappa shape index (κ3) is 3.97. The van der Waals surface area contributed by atoms with Crippen LogP contribution >= 0.6 is 0 Å². The summed E-state index contributed by atoms with van der Waals surface area (Å²) in [6, 6.07) is 8.76. The molecule has 24 heavy (non-hydrogen) atoms. The normalized spacial score (nSPS) is 15.1. The Bertz CT molecular complexity index is 657. The molecule has 1 aliphatic rings. The van der Waals surface area contributed by atoms with Crippen LogP contribution in [0.2, 0.25) is 0 Å². The van der Waals surface area contributed by atoms with Gasteiger partial charge in [0.15, 0.2) is 0 Å². The lowest BCUT2D eigenvalue weighted by molar-refractivity contribution is 0.268. The Kier molecular flexibility index (Phi) is 5.53. The third-order valence-electron chi connectivity index (χ3n) is 4.87.